The average Bonchev–Trinajstić information content (AvgIpc) is 2.31. The zero-order chi connectivity index (χ0) is 13.2. The standard InChI is InChI=1S/C15H30N2O/c1-4-12-5-6-14(16)13(9-12)10-17-7-8-18-15(2,3)11-17/h12-14H,4-11,16H2,1-3H3. The molecule has 0 aromatic rings. The fraction of sp³-hybridized carbons (Fsp3) is 1.00. The van der Waals surface area contributed by atoms with Crippen molar-refractivity contribution >= 4 is 0 Å². The molecule has 3 nitrogen and oxygen atoms in total. The Hall–Kier alpha value is -0.120. The highest BCUT2D eigenvalue weighted by molar-refractivity contribution is 4.87. The van der Waals surface area contributed by atoms with Gasteiger partial charge in [0.05, 0.1) is 12.2 Å². The second-order valence-electron chi connectivity index (χ2n) is 6.85. The van der Waals surface area contributed by atoms with Gasteiger partial charge in [-0.25, -0.2) is 0 Å². The molecule has 18 heavy (non-hydrogen) atoms. The maximum atomic E-state index is 6.32. The molecule has 0 aromatic carbocycles. The molecule has 3 heteroatoms. The molecule has 0 bridgehead atoms. The van der Waals surface area contributed by atoms with E-state index in [9.17, 15) is 0 Å². The first kappa shape index (κ1) is 14.3. The maximum Gasteiger partial charge on any atom is 0.0753 e. The fourth-order valence-corrected chi connectivity index (χ4v) is 3.57. The van der Waals surface area contributed by atoms with Crippen molar-refractivity contribution in [3.63, 3.8) is 0 Å². The fourth-order valence-electron chi connectivity index (χ4n) is 3.57. The summed E-state index contributed by atoms with van der Waals surface area (Å²) in [5, 5.41) is 0. The maximum absolute atomic E-state index is 6.32. The Labute approximate surface area is 112 Å². The van der Waals surface area contributed by atoms with Crippen LogP contribution < -0.4 is 5.73 Å². The van der Waals surface area contributed by atoms with Crippen LogP contribution >= 0.6 is 0 Å². The predicted octanol–water partition coefficient (Wildman–Crippen LogP) is 2.25. The highest BCUT2D eigenvalue weighted by Gasteiger charge is 2.32. The van der Waals surface area contributed by atoms with Crippen LogP contribution in [0.15, 0.2) is 0 Å². The molecule has 1 saturated heterocycles. The van der Waals surface area contributed by atoms with Crippen LogP contribution in [0.4, 0.5) is 0 Å². The van der Waals surface area contributed by atoms with E-state index in [2.05, 4.69) is 25.7 Å². The van der Waals surface area contributed by atoms with E-state index in [0.29, 0.717) is 12.0 Å². The van der Waals surface area contributed by atoms with Gasteiger partial charge in [-0.2, -0.15) is 0 Å². The van der Waals surface area contributed by atoms with E-state index in [-0.39, 0.29) is 5.60 Å². The molecule has 0 radical (unpaired) electrons. The zero-order valence-corrected chi connectivity index (χ0v) is 12.3. The van der Waals surface area contributed by atoms with Crippen LogP contribution in [0.2, 0.25) is 0 Å². The molecular formula is C15H30N2O. The van der Waals surface area contributed by atoms with Crippen LogP contribution in [0.25, 0.3) is 0 Å². The second kappa shape index (κ2) is 5.89. The Morgan fingerprint density at radius 3 is 2.78 bits per heavy atom. The van der Waals surface area contributed by atoms with E-state index in [1.165, 1.54) is 32.2 Å². The first-order chi connectivity index (χ1) is 8.50. The molecule has 0 spiro atoms. The van der Waals surface area contributed by atoms with Crippen LogP contribution in [-0.2, 0) is 4.74 Å². The lowest BCUT2D eigenvalue weighted by molar-refractivity contribution is -0.0909. The monoisotopic (exact) mass is 254 g/mol. The number of morpholine rings is 1. The van der Waals surface area contributed by atoms with Gasteiger partial charge in [0.25, 0.3) is 0 Å². The van der Waals surface area contributed by atoms with Gasteiger partial charge in [0.1, 0.15) is 0 Å². The van der Waals surface area contributed by atoms with E-state index < -0.39 is 0 Å². The molecule has 2 rings (SSSR count). The van der Waals surface area contributed by atoms with Gasteiger partial charge in [-0.05, 0) is 44.9 Å². The average molecular weight is 254 g/mol. The molecular weight excluding hydrogens is 224 g/mol. The summed E-state index contributed by atoms with van der Waals surface area (Å²) >= 11 is 0. The van der Waals surface area contributed by atoms with Gasteiger partial charge >= 0.3 is 0 Å². The molecule has 2 N–H and O–H groups in total. The number of nitrogens with zero attached hydrogens (tertiary/aromatic N) is 1. The van der Waals surface area contributed by atoms with E-state index in [1.54, 1.807) is 0 Å². The topological polar surface area (TPSA) is 38.5 Å². The minimum atomic E-state index is 0.0150. The molecule has 1 heterocycles. The molecule has 3 unspecified atom stereocenters. The van der Waals surface area contributed by atoms with Crippen molar-refractivity contribution in [2.24, 2.45) is 17.6 Å². The molecule has 2 fully saturated rings. The molecule has 0 aromatic heterocycles. The first-order valence-corrected chi connectivity index (χ1v) is 7.62. The van der Waals surface area contributed by atoms with Crippen LogP contribution in [0, 0.1) is 11.8 Å². The quantitative estimate of drug-likeness (QED) is 0.839. The van der Waals surface area contributed by atoms with Gasteiger partial charge in [0, 0.05) is 25.7 Å². The van der Waals surface area contributed by atoms with Crippen molar-refractivity contribution in [2.75, 3.05) is 26.2 Å². The number of nitrogens with two attached hydrogens (primary N) is 1. The lowest BCUT2D eigenvalue weighted by atomic mass is 9.77. The van der Waals surface area contributed by atoms with Crippen LogP contribution in [-0.4, -0.2) is 42.8 Å². The summed E-state index contributed by atoms with van der Waals surface area (Å²) < 4.78 is 5.78. The lowest BCUT2D eigenvalue weighted by Gasteiger charge is -2.42. The predicted molar refractivity (Wildman–Crippen MR) is 75.6 cm³/mol. The van der Waals surface area contributed by atoms with Crippen molar-refractivity contribution in [2.45, 2.75) is 58.1 Å². The molecule has 3 atom stereocenters. The smallest absolute Gasteiger partial charge is 0.0753 e. The van der Waals surface area contributed by atoms with Gasteiger partial charge in [0.15, 0.2) is 0 Å². The minimum Gasteiger partial charge on any atom is -0.373 e. The van der Waals surface area contributed by atoms with Gasteiger partial charge in [-0.15, -0.1) is 0 Å². The lowest BCUT2D eigenvalue weighted by Crippen LogP contribution is -2.52. The Morgan fingerprint density at radius 2 is 2.11 bits per heavy atom. The van der Waals surface area contributed by atoms with Crippen molar-refractivity contribution in [3.8, 4) is 0 Å². The Bertz CT molecular complexity index is 267. The number of hydrogen-bond donors (Lipinski definition) is 1. The van der Waals surface area contributed by atoms with Crippen LogP contribution in [0.5, 0.6) is 0 Å². The third kappa shape index (κ3) is 3.69. The van der Waals surface area contributed by atoms with Crippen molar-refractivity contribution in [1.29, 1.82) is 0 Å². The molecule has 2 aliphatic rings. The van der Waals surface area contributed by atoms with Crippen molar-refractivity contribution in [3.05, 3.63) is 0 Å². The Kier molecular flexibility index (Phi) is 4.68. The largest absolute Gasteiger partial charge is 0.373 e. The highest BCUT2D eigenvalue weighted by Crippen LogP contribution is 2.31. The third-order valence-corrected chi connectivity index (χ3v) is 4.72. The summed E-state index contributed by atoms with van der Waals surface area (Å²) in [5.74, 6) is 1.60. The summed E-state index contributed by atoms with van der Waals surface area (Å²) in [6, 6.07) is 0.416. The highest BCUT2D eigenvalue weighted by atomic mass is 16.5. The number of hydrogen-bond acceptors (Lipinski definition) is 3. The molecule has 1 aliphatic heterocycles. The van der Waals surface area contributed by atoms with E-state index in [4.69, 9.17) is 10.5 Å². The van der Waals surface area contributed by atoms with E-state index >= 15 is 0 Å². The molecule has 0 amide bonds. The van der Waals surface area contributed by atoms with Crippen molar-refractivity contribution < 1.29 is 4.74 Å². The normalized spacial score (nSPS) is 37.7. The summed E-state index contributed by atoms with van der Waals surface area (Å²) in [7, 11) is 0. The van der Waals surface area contributed by atoms with Crippen LogP contribution in [0.3, 0.4) is 0 Å². The summed E-state index contributed by atoms with van der Waals surface area (Å²) in [6.07, 6.45) is 5.20. The molecule has 1 aliphatic carbocycles. The SMILES string of the molecule is CCC1CCC(N)C(CN2CCOC(C)(C)C2)C1. The molecule has 1 saturated carbocycles. The van der Waals surface area contributed by atoms with Gasteiger partial charge in [0.2, 0.25) is 0 Å². The van der Waals surface area contributed by atoms with Gasteiger partial charge in [-0.3, -0.25) is 4.90 Å². The molecule has 106 valence electrons. The number of rotatable bonds is 3. The van der Waals surface area contributed by atoms with Gasteiger partial charge in [-0.1, -0.05) is 13.3 Å². The number of ether oxygens (including phenoxy) is 1. The summed E-state index contributed by atoms with van der Waals surface area (Å²) in [4.78, 5) is 2.56. The second-order valence-corrected chi connectivity index (χ2v) is 6.85. The van der Waals surface area contributed by atoms with Crippen molar-refractivity contribution in [1.82, 2.24) is 4.90 Å². The first-order valence-electron chi connectivity index (χ1n) is 7.62. The minimum absolute atomic E-state index is 0.0150. The van der Waals surface area contributed by atoms with Gasteiger partial charge < -0.3 is 10.5 Å². The van der Waals surface area contributed by atoms with E-state index in [0.717, 1.165) is 25.6 Å². The third-order valence-electron chi connectivity index (χ3n) is 4.72. The Balaban J connectivity index is 1.87. The summed E-state index contributed by atoms with van der Waals surface area (Å²) in [5.41, 5.74) is 6.34. The van der Waals surface area contributed by atoms with Crippen LogP contribution in [0.1, 0.15) is 46.5 Å². The zero-order valence-electron chi connectivity index (χ0n) is 12.3. The van der Waals surface area contributed by atoms with E-state index in [1.807, 2.05) is 0 Å². The summed E-state index contributed by atoms with van der Waals surface area (Å²) in [6.45, 7) is 10.9. The Morgan fingerprint density at radius 1 is 1.33 bits per heavy atom.